The third-order valence-corrected chi connectivity index (χ3v) is 7.73. The fraction of sp³-hybridized carbons (Fsp3) is 0.370. The van der Waals surface area contributed by atoms with Crippen LogP contribution in [-0.4, -0.2) is 51.9 Å². The molecule has 194 valence electrons. The van der Waals surface area contributed by atoms with Gasteiger partial charge in [-0.2, -0.15) is 24.9 Å². The first-order chi connectivity index (χ1) is 17.8. The lowest BCUT2D eigenvalue weighted by Crippen LogP contribution is -2.33. The zero-order valence-corrected chi connectivity index (χ0v) is 21.3. The van der Waals surface area contributed by atoms with Crippen LogP contribution < -0.4 is 10.2 Å². The quantitative estimate of drug-likeness (QED) is 0.478. The van der Waals surface area contributed by atoms with Crippen molar-refractivity contribution in [3.63, 3.8) is 0 Å². The van der Waals surface area contributed by atoms with Crippen molar-refractivity contribution in [2.24, 2.45) is 0 Å². The Hall–Kier alpha value is -3.11. The molecule has 3 aromatic rings. The second-order valence-electron chi connectivity index (χ2n) is 9.55. The molecule has 1 saturated heterocycles. The first-order valence-electron chi connectivity index (χ1n) is 12.2. The molecule has 1 N–H and O–H groups in total. The van der Waals surface area contributed by atoms with E-state index in [9.17, 15) is 18.0 Å². The first-order valence-corrected chi connectivity index (χ1v) is 13.4. The normalized spacial score (nSPS) is 18.4. The predicted molar refractivity (Wildman–Crippen MR) is 140 cm³/mol. The summed E-state index contributed by atoms with van der Waals surface area (Å²) in [6, 6.07) is 9.35. The van der Waals surface area contributed by atoms with Crippen molar-refractivity contribution in [2.45, 2.75) is 32.1 Å². The average molecular weight is 528 g/mol. The van der Waals surface area contributed by atoms with Gasteiger partial charge in [0.2, 0.25) is 0 Å². The number of fused-ring (bicyclic) bond motifs is 1. The van der Waals surface area contributed by atoms with Gasteiger partial charge in [0.25, 0.3) is 5.91 Å². The molecule has 1 aromatic heterocycles. The number of hydrogen-bond acceptors (Lipinski definition) is 6. The van der Waals surface area contributed by atoms with E-state index in [1.54, 1.807) is 24.5 Å². The van der Waals surface area contributed by atoms with E-state index in [0.29, 0.717) is 24.2 Å². The van der Waals surface area contributed by atoms with Crippen molar-refractivity contribution in [2.75, 3.05) is 41.4 Å². The number of anilines is 2. The van der Waals surface area contributed by atoms with E-state index < -0.39 is 17.6 Å². The van der Waals surface area contributed by atoms with Gasteiger partial charge < -0.3 is 10.2 Å². The number of halogens is 3. The van der Waals surface area contributed by atoms with Gasteiger partial charge in [0, 0.05) is 55.5 Å². The third-order valence-electron chi connectivity index (χ3n) is 6.79. The summed E-state index contributed by atoms with van der Waals surface area (Å²) in [5.41, 5.74) is 3.40. The second-order valence-corrected chi connectivity index (χ2v) is 10.8. The molecular formula is C27H28F3N5OS. The van der Waals surface area contributed by atoms with Crippen molar-refractivity contribution < 1.29 is 18.0 Å². The Balaban J connectivity index is 1.37. The number of alkyl halides is 3. The zero-order chi connectivity index (χ0) is 26.0. The molecular weight excluding hydrogens is 499 g/mol. The molecule has 2 aliphatic heterocycles. The van der Waals surface area contributed by atoms with Crippen molar-refractivity contribution in [1.82, 2.24) is 14.9 Å². The van der Waals surface area contributed by atoms with Gasteiger partial charge in [-0.25, -0.2) is 9.97 Å². The van der Waals surface area contributed by atoms with E-state index >= 15 is 0 Å². The number of rotatable bonds is 5. The summed E-state index contributed by atoms with van der Waals surface area (Å²) in [5.74, 6) is 1.73. The number of thioether (sulfide) groups is 1. The molecule has 3 heterocycles. The number of hydrogen-bond donors (Lipinski definition) is 1. The van der Waals surface area contributed by atoms with E-state index in [0.717, 1.165) is 54.0 Å². The number of benzene rings is 2. The molecule has 37 heavy (non-hydrogen) atoms. The molecule has 10 heteroatoms. The number of nitrogens with zero attached hydrogens (tertiary/aromatic N) is 4. The minimum Gasteiger partial charge on any atom is -0.364 e. The van der Waals surface area contributed by atoms with Gasteiger partial charge >= 0.3 is 6.18 Å². The van der Waals surface area contributed by atoms with Crippen LogP contribution in [0.1, 0.15) is 45.5 Å². The van der Waals surface area contributed by atoms with Crippen molar-refractivity contribution in [3.8, 4) is 0 Å². The molecule has 1 fully saturated rings. The Morgan fingerprint density at radius 1 is 1.11 bits per heavy atom. The molecule has 0 aliphatic carbocycles. The van der Waals surface area contributed by atoms with Gasteiger partial charge in [0.05, 0.1) is 23.6 Å². The summed E-state index contributed by atoms with van der Waals surface area (Å²) < 4.78 is 40.9. The Kier molecular flexibility index (Phi) is 7.39. The van der Waals surface area contributed by atoms with Crippen molar-refractivity contribution >= 4 is 29.0 Å². The van der Waals surface area contributed by atoms with E-state index in [2.05, 4.69) is 32.0 Å². The van der Waals surface area contributed by atoms with Crippen LogP contribution in [0.4, 0.5) is 24.5 Å². The van der Waals surface area contributed by atoms with Gasteiger partial charge in [0.1, 0.15) is 6.33 Å². The maximum Gasteiger partial charge on any atom is 0.416 e. The van der Waals surface area contributed by atoms with E-state index in [1.807, 2.05) is 23.9 Å². The standard InChI is InChI=1S/C27H28F3N5OS/c1-18-14-35(24-12-31-17-32-13-24)16-21-10-20(2-3-25(18)21)26(36)33-23-9-19(8-22(11-23)27(28,29)30)15-34-4-6-37-7-5-34/h2-3,8-13,17-18H,4-7,14-16H2,1H3,(H,33,36). The van der Waals surface area contributed by atoms with Crippen LogP contribution in [0.2, 0.25) is 0 Å². The lowest BCUT2D eigenvalue weighted by atomic mass is 9.89. The van der Waals surface area contributed by atoms with Crippen molar-refractivity contribution in [1.29, 1.82) is 0 Å². The Morgan fingerprint density at radius 2 is 1.86 bits per heavy atom. The van der Waals surface area contributed by atoms with Gasteiger partial charge in [0.15, 0.2) is 0 Å². The highest BCUT2D eigenvalue weighted by atomic mass is 32.2. The lowest BCUT2D eigenvalue weighted by molar-refractivity contribution is -0.137. The highest BCUT2D eigenvalue weighted by Gasteiger charge is 2.32. The number of nitrogens with one attached hydrogen (secondary N) is 1. The molecule has 6 nitrogen and oxygen atoms in total. The molecule has 5 rings (SSSR count). The van der Waals surface area contributed by atoms with Crippen LogP contribution in [0.5, 0.6) is 0 Å². The molecule has 0 saturated carbocycles. The minimum absolute atomic E-state index is 0.148. The molecule has 0 spiro atoms. The summed E-state index contributed by atoms with van der Waals surface area (Å²) in [4.78, 5) is 25.7. The third kappa shape index (κ3) is 6.07. The van der Waals surface area contributed by atoms with Crippen LogP contribution in [0.25, 0.3) is 0 Å². The Labute approximate surface area is 218 Å². The molecule has 0 radical (unpaired) electrons. The fourth-order valence-electron chi connectivity index (χ4n) is 4.95. The van der Waals surface area contributed by atoms with Crippen molar-refractivity contribution in [3.05, 3.63) is 82.9 Å². The average Bonchev–Trinajstić information content (AvgIpc) is 2.89. The van der Waals surface area contributed by atoms with Crippen LogP contribution in [0, 0.1) is 0 Å². The van der Waals surface area contributed by atoms with E-state index in [-0.39, 0.29) is 11.6 Å². The lowest BCUT2D eigenvalue weighted by Gasteiger charge is -2.34. The van der Waals surface area contributed by atoms with Crippen LogP contribution in [0.15, 0.2) is 55.1 Å². The minimum atomic E-state index is -4.50. The fourth-order valence-corrected chi connectivity index (χ4v) is 5.93. The molecule has 1 atom stereocenters. The maximum atomic E-state index is 13.6. The SMILES string of the molecule is CC1CN(c2cncnc2)Cc2cc(C(=O)Nc3cc(CN4CCSCC4)cc(C(F)(F)F)c3)ccc21. The summed E-state index contributed by atoms with van der Waals surface area (Å²) in [6.45, 7) is 5.61. The van der Waals surface area contributed by atoms with Gasteiger partial charge in [-0.1, -0.05) is 13.0 Å². The summed E-state index contributed by atoms with van der Waals surface area (Å²) in [5, 5.41) is 2.71. The van der Waals surface area contributed by atoms with Crippen LogP contribution in [-0.2, 0) is 19.3 Å². The summed E-state index contributed by atoms with van der Waals surface area (Å²) in [7, 11) is 0. The zero-order valence-electron chi connectivity index (χ0n) is 20.5. The van der Waals surface area contributed by atoms with E-state index in [4.69, 9.17) is 0 Å². The monoisotopic (exact) mass is 527 g/mol. The number of amides is 1. The van der Waals surface area contributed by atoms with Crippen LogP contribution in [0.3, 0.4) is 0 Å². The summed E-state index contributed by atoms with van der Waals surface area (Å²) >= 11 is 1.85. The largest absolute Gasteiger partial charge is 0.416 e. The predicted octanol–water partition coefficient (Wildman–Crippen LogP) is 5.42. The highest BCUT2D eigenvalue weighted by molar-refractivity contribution is 7.99. The number of aromatic nitrogens is 2. The van der Waals surface area contributed by atoms with Gasteiger partial charge in [-0.15, -0.1) is 0 Å². The summed E-state index contributed by atoms with van der Waals surface area (Å²) in [6.07, 6.45) is 0.502. The molecule has 2 aromatic carbocycles. The van der Waals surface area contributed by atoms with Crippen LogP contribution >= 0.6 is 11.8 Å². The number of carbonyl (C=O) groups excluding carboxylic acids is 1. The van der Waals surface area contributed by atoms with Gasteiger partial charge in [-0.05, 0) is 52.9 Å². The second kappa shape index (κ2) is 10.7. The number of carbonyl (C=O) groups is 1. The highest BCUT2D eigenvalue weighted by Crippen LogP contribution is 2.34. The molecule has 1 unspecified atom stereocenters. The van der Waals surface area contributed by atoms with E-state index in [1.165, 1.54) is 12.4 Å². The molecule has 2 aliphatic rings. The maximum absolute atomic E-state index is 13.6. The smallest absolute Gasteiger partial charge is 0.364 e. The molecule has 0 bridgehead atoms. The van der Waals surface area contributed by atoms with Gasteiger partial charge in [-0.3, -0.25) is 9.69 Å². The molecule has 1 amide bonds. The topological polar surface area (TPSA) is 61.4 Å². The first kappa shape index (κ1) is 25.5. The Bertz CT molecular complexity index is 1260. The Morgan fingerprint density at radius 3 is 2.59 bits per heavy atom.